The van der Waals surface area contributed by atoms with Crippen LogP contribution in [-0.2, 0) is 0 Å². The zero-order chi connectivity index (χ0) is 13.2. The third kappa shape index (κ3) is 3.19. The molecule has 2 nitrogen and oxygen atoms in total. The first-order valence-electron chi connectivity index (χ1n) is 5.80. The number of benzene rings is 1. The molecule has 0 saturated heterocycles. The first-order valence-corrected chi connectivity index (χ1v) is 5.80. The van der Waals surface area contributed by atoms with E-state index in [1.54, 1.807) is 6.08 Å². The Balaban J connectivity index is 3.14. The van der Waals surface area contributed by atoms with Gasteiger partial charge in [-0.15, -0.1) is 0 Å². The number of aryl methyl sites for hydroxylation is 3. The second-order valence-corrected chi connectivity index (χ2v) is 4.80. The van der Waals surface area contributed by atoms with Gasteiger partial charge in [0.05, 0.1) is 0 Å². The fraction of sp³-hybridized carbons (Fsp3) is 0.400. The van der Waals surface area contributed by atoms with E-state index >= 15 is 0 Å². The molecule has 17 heavy (non-hydrogen) atoms. The third-order valence-corrected chi connectivity index (χ3v) is 3.15. The molecule has 0 spiro atoms. The van der Waals surface area contributed by atoms with Crippen LogP contribution in [0.2, 0.25) is 0 Å². The monoisotopic (exact) mass is 231 g/mol. The third-order valence-electron chi connectivity index (χ3n) is 3.15. The van der Waals surface area contributed by atoms with Crippen LogP contribution >= 0.6 is 0 Å². The molecule has 0 heterocycles. The SMILES string of the molecule is C/C(=C\C(=O)c1cc(C)c(C)cc1C)N(C)C. The molecular weight excluding hydrogens is 210 g/mol. The number of hydrogen-bond donors (Lipinski definition) is 0. The predicted octanol–water partition coefficient (Wildman–Crippen LogP) is 3.26. The van der Waals surface area contributed by atoms with E-state index in [9.17, 15) is 4.79 Å². The van der Waals surface area contributed by atoms with Crippen LogP contribution in [0.4, 0.5) is 0 Å². The van der Waals surface area contributed by atoms with E-state index in [2.05, 4.69) is 13.0 Å². The van der Waals surface area contributed by atoms with Crippen molar-refractivity contribution in [3.8, 4) is 0 Å². The minimum absolute atomic E-state index is 0.0804. The van der Waals surface area contributed by atoms with Gasteiger partial charge in [0.2, 0.25) is 0 Å². The van der Waals surface area contributed by atoms with Gasteiger partial charge >= 0.3 is 0 Å². The van der Waals surface area contributed by atoms with Crippen LogP contribution in [0.1, 0.15) is 34.0 Å². The Bertz CT molecular complexity index is 470. The standard InChI is InChI=1S/C15H21NO/c1-10-7-12(3)14(8-11(10)2)15(17)9-13(4)16(5)6/h7-9H,1-6H3/b13-9+. The largest absolute Gasteiger partial charge is 0.381 e. The van der Waals surface area contributed by atoms with Crippen molar-refractivity contribution < 1.29 is 4.79 Å². The summed E-state index contributed by atoms with van der Waals surface area (Å²) in [5, 5.41) is 0. The van der Waals surface area contributed by atoms with Gasteiger partial charge in [-0.25, -0.2) is 0 Å². The first kappa shape index (κ1) is 13.5. The fourth-order valence-electron chi connectivity index (χ4n) is 1.62. The van der Waals surface area contributed by atoms with Crippen LogP contribution in [0.5, 0.6) is 0 Å². The van der Waals surface area contributed by atoms with Gasteiger partial charge in [0.1, 0.15) is 0 Å². The fourth-order valence-corrected chi connectivity index (χ4v) is 1.62. The Kier molecular flexibility index (Phi) is 4.11. The number of rotatable bonds is 3. The molecule has 0 aromatic heterocycles. The molecule has 1 aromatic carbocycles. The molecule has 92 valence electrons. The van der Waals surface area contributed by atoms with Gasteiger partial charge in [0.15, 0.2) is 5.78 Å². The summed E-state index contributed by atoms with van der Waals surface area (Å²) in [5.41, 5.74) is 5.20. The highest BCUT2D eigenvalue weighted by Gasteiger charge is 2.09. The van der Waals surface area contributed by atoms with E-state index in [0.29, 0.717) is 0 Å². The molecule has 1 rings (SSSR count). The first-order chi connectivity index (χ1) is 7.82. The van der Waals surface area contributed by atoms with E-state index in [1.165, 1.54) is 5.56 Å². The summed E-state index contributed by atoms with van der Waals surface area (Å²) in [4.78, 5) is 14.1. The van der Waals surface area contributed by atoms with Gasteiger partial charge in [-0.3, -0.25) is 4.79 Å². The highest BCUT2D eigenvalue weighted by molar-refractivity contribution is 6.06. The average Bonchev–Trinajstić information content (AvgIpc) is 2.22. The quantitative estimate of drug-likeness (QED) is 0.588. The second-order valence-electron chi connectivity index (χ2n) is 4.80. The van der Waals surface area contributed by atoms with Crippen LogP contribution in [0, 0.1) is 20.8 Å². The zero-order valence-corrected chi connectivity index (χ0v) is 11.6. The number of hydrogen-bond acceptors (Lipinski definition) is 2. The van der Waals surface area contributed by atoms with Crippen LogP contribution < -0.4 is 0 Å². The second kappa shape index (κ2) is 5.17. The van der Waals surface area contributed by atoms with Crippen molar-refractivity contribution in [2.24, 2.45) is 0 Å². The molecular formula is C15H21NO. The Hall–Kier alpha value is -1.57. The van der Waals surface area contributed by atoms with Gasteiger partial charge in [-0.2, -0.15) is 0 Å². The number of nitrogens with zero attached hydrogens (tertiary/aromatic N) is 1. The lowest BCUT2D eigenvalue weighted by Crippen LogP contribution is -2.10. The summed E-state index contributed by atoms with van der Waals surface area (Å²) >= 11 is 0. The van der Waals surface area contributed by atoms with E-state index in [4.69, 9.17) is 0 Å². The summed E-state index contributed by atoms with van der Waals surface area (Å²) in [6, 6.07) is 4.05. The number of allylic oxidation sites excluding steroid dienone is 2. The smallest absolute Gasteiger partial charge is 0.187 e. The lowest BCUT2D eigenvalue weighted by atomic mass is 9.98. The van der Waals surface area contributed by atoms with E-state index in [1.807, 2.05) is 45.8 Å². The molecule has 2 heteroatoms. The van der Waals surface area contributed by atoms with Crippen LogP contribution in [0.25, 0.3) is 0 Å². The molecule has 0 unspecified atom stereocenters. The minimum atomic E-state index is 0.0804. The van der Waals surface area contributed by atoms with Crippen LogP contribution in [-0.4, -0.2) is 24.8 Å². The molecule has 1 aromatic rings. The molecule has 0 N–H and O–H groups in total. The highest BCUT2D eigenvalue weighted by Crippen LogP contribution is 2.17. The van der Waals surface area contributed by atoms with Crippen molar-refractivity contribution in [3.05, 3.63) is 46.2 Å². The maximum absolute atomic E-state index is 12.1. The average molecular weight is 231 g/mol. The van der Waals surface area contributed by atoms with Gasteiger partial charge in [0, 0.05) is 31.4 Å². The molecule has 0 atom stereocenters. The normalized spacial score (nSPS) is 11.5. The van der Waals surface area contributed by atoms with E-state index < -0.39 is 0 Å². The summed E-state index contributed by atoms with van der Waals surface area (Å²) in [7, 11) is 3.87. The lowest BCUT2D eigenvalue weighted by molar-refractivity contribution is 0.104. The lowest BCUT2D eigenvalue weighted by Gasteiger charge is -2.13. The summed E-state index contributed by atoms with van der Waals surface area (Å²) < 4.78 is 0. The van der Waals surface area contributed by atoms with Crippen LogP contribution in [0.3, 0.4) is 0 Å². The maximum Gasteiger partial charge on any atom is 0.187 e. The van der Waals surface area contributed by atoms with Gasteiger partial charge in [-0.05, 0) is 50.5 Å². The van der Waals surface area contributed by atoms with Crippen molar-refractivity contribution >= 4 is 5.78 Å². The predicted molar refractivity (Wildman–Crippen MR) is 72.4 cm³/mol. The molecule has 0 fully saturated rings. The van der Waals surface area contributed by atoms with Gasteiger partial charge in [0.25, 0.3) is 0 Å². The van der Waals surface area contributed by atoms with Crippen molar-refractivity contribution in [2.75, 3.05) is 14.1 Å². The van der Waals surface area contributed by atoms with Crippen molar-refractivity contribution in [2.45, 2.75) is 27.7 Å². The Morgan fingerprint density at radius 3 is 2.12 bits per heavy atom. The topological polar surface area (TPSA) is 20.3 Å². The molecule has 0 radical (unpaired) electrons. The van der Waals surface area contributed by atoms with Crippen molar-refractivity contribution in [3.63, 3.8) is 0 Å². The number of carbonyl (C=O) groups excluding carboxylic acids is 1. The molecule has 0 bridgehead atoms. The number of carbonyl (C=O) groups is 1. The van der Waals surface area contributed by atoms with Crippen molar-refractivity contribution in [1.82, 2.24) is 4.90 Å². The van der Waals surface area contributed by atoms with Crippen LogP contribution in [0.15, 0.2) is 23.9 Å². The zero-order valence-electron chi connectivity index (χ0n) is 11.6. The maximum atomic E-state index is 12.1. The Morgan fingerprint density at radius 1 is 1.06 bits per heavy atom. The minimum Gasteiger partial charge on any atom is -0.381 e. The molecule has 0 aliphatic rings. The molecule has 0 saturated carbocycles. The summed E-state index contributed by atoms with van der Waals surface area (Å²) in [6.07, 6.45) is 1.69. The number of ketones is 1. The molecule has 0 aliphatic heterocycles. The van der Waals surface area contributed by atoms with E-state index in [-0.39, 0.29) is 5.78 Å². The Labute approximate surface area is 104 Å². The Morgan fingerprint density at radius 2 is 1.59 bits per heavy atom. The van der Waals surface area contributed by atoms with Crippen molar-refractivity contribution in [1.29, 1.82) is 0 Å². The van der Waals surface area contributed by atoms with Gasteiger partial charge < -0.3 is 4.90 Å². The molecule has 0 aliphatic carbocycles. The highest BCUT2D eigenvalue weighted by atomic mass is 16.1. The summed E-state index contributed by atoms with van der Waals surface area (Å²) in [5.74, 6) is 0.0804. The van der Waals surface area contributed by atoms with Gasteiger partial charge in [-0.1, -0.05) is 6.07 Å². The summed E-state index contributed by atoms with van der Waals surface area (Å²) in [6.45, 7) is 8.03. The molecule has 0 amide bonds. The van der Waals surface area contributed by atoms with E-state index in [0.717, 1.165) is 22.4 Å².